The SMILES string of the molecule is CCOc1ccn(-c2ccc(F)cc2)c(=O)c1C(=O)Nc1cc(Cl)c(Oc2ccnc(CC(C)=O)c2)cc1F. The third-order valence-corrected chi connectivity index (χ3v) is 5.70. The summed E-state index contributed by atoms with van der Waals surface area (Å²) in [6, 6.07) is 11.7. The first-order valence-corrected chi connectivity index (χ1v) is 12.1. The van der Waals surface area contributed by atoms with E-state index < -0.39 is 23.1 Å². The number of ketones is 1. The van der Waals surface area contributed by atoms with Crippen molar-refractivity contribution in [3.05, 3.63) is 105 Å². The number of carbonyl (C=O) groups excluding carboxylic acids is 2. The Morgan fingerprint density at radius 2 is 1.79 bits per heavy atom. The van der Waals surface area contributed by atoms with Crippen molar-refractivity contribution < 1.29 is 27.8 Å². The van der Waals surface area contributed by atoms with Crippen LogP contribution >= 0.6 is 11.6 Å². The predicted octanol–water partition coefficient (Wildman–Crippen LogP) is 5.74. The second-order valence-corrected chi connectivity index (χ2v) is 8.73. The van der Waals surface area contributed by atoms with E-state index in [-0.39, 0.29) is 52.3 Å². The lowest BCUT2D eigenvalue weighted by Gasteiger charge is -2.15. The molecular weight excluding hydrogens is 532 g/mol. The molecule has 0 unspecified atom stereocenters. The standard InChI is InChI=1S/C28H22ClF2N3O5/c1-3-38-24-9-11-34(19-6-4-17(30)5-7-19)28(37)26(24)27(36)33-23-14-21(29)25(15-22(23)31)39-20-8-10-32-18(13-20)12-16(2)35/h4-11,13-15H,3,12H2,1-2H3,(H,33,36). The first-order chi connectivity index (χ1) is 18.7. The molecule has 0 radical (unpaired) electrons. The number of pyridine rings is 2. The number of hydrogen-bond donors (Lipinski definition) is 1. The van der Waals surface area contributed by atoms with Crippen molar-refractivity contribution in [2.24, 2.45) is 0 Å². The van der Waals surface area contributed by atoms with Crippen molar-refractivity contribution in [3.63, 3.8) is 0 Å². The molecule has 4 aromatic rings. The normalized spacial score (nSPS) is 10.7. The van der Waals surface area contributed by atoms with Crippen LogP contribution in [-0.4, -0.2) is 27.8 Å². The fraction of sp³-hybridized carbons (Fsp3) is 0.143. The lowest BCUT2D eigenvalue weighted by atomic mass is 10.2. The van der Waals surface area contributed by atoms with Gasteiger partial charge in [0.25, 0.3) is 11.5 Å². The van der Waals surface area contributed by atoms with Crippen LogP contribution in [-0.2, 0) is 11.2 Å². The van der Waals surface area contributed by atoms with Gasteiger partial charge in [0.2, 0.25) is 0 Å². The van der Waals surface area contributed by atoms with Crippen molar-refractivity contribution in [1.82, 2.24) is 9.55 Å². The Balaban J connectivity index is 1.63. The van der Waals surface area contributed by atoms with Gasteiger partial charge in [0.15, 0.2) is 5.82 Å². The number of anilines is 1. The lowest BCUT2D eigenvalue weighted by molar-refractivity contribution is -0.116. The number of Topliss-reactive ketones (excluding diaryl/α,β-unsaturated/α-hetero) is 1. The van der Waals surface area contributed by atoms with Gasteiger partial charge in [-0.05, 0) is 56.3 Å². The van der Waals surface area contributed by atoms with Gasteiger partial charge in [0, 0.05) is 36.6 Å². The number of nitrogens with one attached hydrogen (secondary N) is 1. The molecule has 0 atom stereocenters. The highest BCUT2D eigenvalue weighted by molar-refractivity contribution is 6.32. The van der Waals surface area contributed by atoms with Crippen LogP contribution in [0, 0.1) is 11.6 Å². The van der Waals surface area contributed by atoms with E-state index in [2.05, 4.69) is 10.3 Å². The van der Waals surface area contributed by atoms with Crippen LogP contribution < -0.4 is 20.3 Å². The average Bonchev–Trinajstić information content (AvgIpc) is 2.88. The van der Waals surface area contributed by atoms with Crippen LogP contribution in [0.25, 0.3) is 5.69 Å². The zero-order valence-corrected chi connectivity index (χ0v) is 21.6. The molecule has 0 aliphatic carbocycles. The molecule has 0 spiro atoms. The minimum Gasteiger partial charge on any atom is -0.493 e. The smallest absolute Gasteiger partial charge is 0.271 e. The quantitative estimate of drug-likeness (QED) is 0.284. The van der Waals surface area contributed by atoms with Crippen LogP contribution in [0.5, 0.6) is 17.2 Å². The maximum absolute atomic E-state index is 15.0. The highest BCUT2D eigenvalue weighted by Gasteiger charge is 2.22. The second-order valence-electron chi connectivity index (χ2n) is 8.32. The Kier molecular flexibility index (Phi) is 8.36. The highest BCUT2D eigenvalue weighted by Crippen LogP contribution is 2.34. The predicted molar refractivity (Wildman–Crippen MR) is 141 cm³/mol. The molecule has 2 heterocycles. The number of amides is 1. The van der Waals surface area contributed by atoms with Gasteiger partial charge in [0.1, 0.15) is 34.4 Å². The highest BCUT2D eigenvalue weighted by atomic mass is 35.5. The van der Waals surface area contributed by atoms with E-state index in [1.54, 1.807) is 6.92 Å². The third-order valence-electron chi connectivity index (χ3n) is 5.40. The van der Waals surface area contributed by atoms with Gasteiger partial charge in [-0.2, -0.15) is 0 Å². The maximum Gasteiger partial charge on any atom is 0.271 e. The van der Waals surface area contributed by atoms with Crippen LogP contribution in [0.3, 0.4) is 0 Å². The number of hydrogen-bond acceptors (Lipinski definition) is 6. The Hall–Kier alpha value is -4.57. The number of ether oxygens (including phenoxy) is 2. The average molecular weight is 554 g/mol. The largest absolute Gasteiger partial charge is 0.493 e. The first-order valence-electron chi connectivity index (χ1n) is 11.7. The van der Waals surface area contributed by atoms with E-state index in [0.29, 0.717) is 11.4 Å². The molecule has 0 saturated carbocycles. The fourth-order valence-electron chi connectivity index (χ4n) is 3.69. The van der Waals surface area contributed by atoms with Crippen molar-refractivity contribution in [2.45, 2.75) is 20.3 Å². The van der Waals surface area contributed by atoms with E-state index in [1.165, 1.54) is 61.8 Å². The second kappa shape index (κ2) is 11.9. The summed E-state index contributed by atoms with van der Waals surface area (Å²) in [5.74, 6) is -2.16. The number of halogens is 3. The third kappa shape index (κ3) is 6.47. The monoisotopic (exact) mass is 553 g/mol. The molecule has 1 N–H and O–H groups in total. The van der Waals surface area contributed by atoms with Gasteiger partial charge in [-0.3, -0.25) is 23.9 Å². The molecule has 4 rings (SSSR count). The Bertz CT molecular complexity index is 1610. The van der Waals surface area contributed by atoms with Gasteiger partial charge in [0.05, 0.1) is 23.0 Å². The van der Waals surface area contributed by atoms with Gasteiger partial charge < -0.3 is 14.8 Å². The summed E-state index contributed by atoms with van der Waals surface area (Å²) >= 11 is 6.30. The van der Waals surface area contributed by atoms with Crippen molar-refractivity contribution >= 4 is 29.0 Å². The van der Waals surface area contributed by atoms with Crippen LogP contribution in [0.4, 0.5) is 14.5 Å². The van der Waals surface area contributed by atoms with E-state index >= 15 is 4.39 Å². The molecular formula is C28H22ClF2N3O5. The van der Waals surface area contributed by atoms with E-state index in [9.17, 15) is 18.8 Å². The maximum atomic E-state index is 15.0. The van der Waals surface area contributed by atoms with Gasteiger partial charge in [-0.1, -0.05) is 11.6 Å². The molecule has 1 amide bonds. The van der Waals surface area contributed by atoms with Gasteiger partial charge in [-0.25, -0.2) is 8.78 Å². The Labute approximate surface area is 226 Å². The topological polar surface area (TPSA) is 99.5 Å². The number of benzene rings is 2. The number of nitrogens with zero attached hydrogens (tertiary/aromatic N) is 2. The van der Waals surface area contributed by atoms with Gasteiger partial charge in [-0.15, -0.1) is 0 Å². The first kappa shape index (κ1) is 27.5. The zero-order chi connectivity index (χ0) is 28.1. The summed E-state index contributed by atoms with van der Waals surface area (Å²) in [5.41, 5.74) is -0.648. The number of carbonyl (C=O) groups is 2. The summed E-state index contributed by atoms with van der Waals surface area (Å²) in [7, 11) is 0. The molecule has 39 heavy (non-hydrogen) atoms. The van der Waals surface area contributed by atoms with Crippen molar-refractivity contribution in [3.8, 4) is 22.9 Å². The molecule has 0 saturated heterocycles. The Morgan fingerprint density at radius 1 is 1.05 bits per heavy atom. The van der Waals surface area contributed by atoms with Crippen LogP contribution in [0.1, 0.15) is 29.9 Å². The summed E-state index contributed by atoms with van der Waals surface area (Å²) in [4.78, 5) is 41.9. The van der Waals surface area contributed by atoms with Crippen LogP contribution in [0.2, 0.25) is 5.02 Å². The van der Waals surface area contributed by atoms with Crippen molar-refractivity contribution in [1.29, 1.82) is 0 Å². The summed E-state index contributed by atoms with van der Waals surface area (Å²) in [6.45, 7) is 3.27. The molecule has 0 bridgehead atoms. The molecule has 11 heteroatoms. The number of rotatable bonds is 9. The fourth-order valence-corrected chi connectivity index (χ4v) is 3.90. The molecule has 0 fully saturated rings. The minimum absolute atomic E-state index is 0.0103. The number of aromatic nitrogens is 2. The van der Waals surface area contributed by atoms with E-state index in [0.717, 1.165) is 16.7 Å². The summed E-state index contributed by atoms with van der Waals surface area (Å²) in [6.07, 6.45) is 2.94. The molecule has 2 aromatic carbocycles. The molecule has 8 nitrogen and oxygen atoms in total. The molecule has 0 aliphatic heterocycles. The zero-order valence-electron chi connectivity index (χ0n) is 20.8. The van der Waals surface area contributed by atoms with Crippen molar-refractivity contribution in [2.75, 3.05) is 11.9 Å². The molecule has 200 valence electrons. The molecule has 0 aliphatic rings. The minimum atomic E-state index is -0.938. The summed E-state index contributed by atoms with van der Waals surface area (Å²) < 4.78 is 40.7. The lowest BCUT2D eigenvalue weighted by Crippen LogP contribution is -2.29. The van der Waals surface area contributed by atoms with E-state index in [1.807, 2.05) is 0 Å². The van der Waals surface area contributed by atoms with E-state index in [4.69, 9.17) is 21.1 Å². The van der Waals surface area contributed by atoms with Crippen LogP contribution in [0.15, 0.2) is 71.8 Å². The molecule has 2 aromatic heterocycles. The summed E-state index contributed by atoms with van der Waals surface area (Å²) in [5, 5.41) is 2.33. The van der Waals surface area contributed by atoms with Gasteiger partial charge >= 0.3 is 0 Å². The Morgan fingerprint density at radius 3 is 2.49 bits per heavy atom.